The third-order valence-electron chi connectivity index (χ3n) is 2.67. The van der Waals surface area contributed by atoms with Gasteiger partial charge in [0, 0.05) is 19.7 Å². The van der Waals surface area contributed by atoms with Crippen molar-refractivity contribution in [2.45, 2.75) is 12.8 Å². The lowest BCUT2D eigenvalue weighted by Crippen LogP contribution is -2.27. The van der Waals surface area contributed by atoms with Gasteiger partial charge in [-0.25, -0.2) is 0 Å². The Morgan fingerprint density at radius 2 is 2.06 bits per heavy atom. The smallest absolute Gasteiger partial charge is 0.0839 e. The summed E-state index contributed by atoms with van der Waals surface area (Å²) >= 11 is 0. The number of nitriles is 1. The Morgan fingerprint density at radius 3 is 2.65 bits per heavy atom. The first-order valence-electron chi connectivity index (χ1n) is 5.98. The summed E-state index contributed by atoms with van der Waals surface area (Å²) in [7, 11) is 2.02. The van der Waals surface area contributed by atoms with Crippen LogP contribution >= 0.6 is 0 Å². The van der Waals surface area contributed by atoms with Crippen LogP contribution < -0.4 is 0 Å². The Hall–Kier alpha value is -1.37. The van der Waals surface area contributed by atoms with Gasteiger partial charge in [-0.05, 0) is 19.5 Å². The third-order valence-corrected chi connectivity index (χ3v) is 2.67. The second kappa shape index (κ2) is 7.83. The molecule has 3 nitrogen and oxygen atoms in total. The molecule has 17 heavy (non-hydrogen) atoms. The van der Waals surface area contributed by atoms with E-state index in [1.807, 2.05) is 44.3 Å². The number of rotatable bonds is 7. The molecule has 1 unspecified atom stereocenters. The number of ether oxygens (including phenoxy) is 1. The van der Waals surface area contributed by atoms with Crippen LogP contribution in [0.2, 0.25) is 0 Å². The van der Waals surface area contributed by atoms with E-state index < -0.39 is 0 Å². The number of benzene rings is 1. The van der Waals surface area contributed by atoms with Crippen LogP contribution in [0, 0.1) is 11.3 Å². The lowest BCUT2D eigenvalue weighted by atomic mass is 10.0. The summed E-state index contributed by atoms with van der Waals surface area (Å²) in [6, 6.07) is 12.3. The highest BCUT2D eigenvalue weighted by molar-refractivity contribution is 5.24. The molecule has 0 fully saturated rings. The number of hydrogen-bond acceptors (Lipinski definition) is 3. The van der Waals surface area contributed by atoms with E-state index in [4.69, 9.17) is 4.74 Å². The first kappa shape index (κ1) is 13.7. The summed E-state index contributed by atoms with van der Waals surface area (Å²) in [6.07, 6.45) is 0. The molecule has 92 valence electrons. The zero-order valence-electron chi connectivity index (χ0n) is 10.6. The Kier molecular flexibility index (Phi) is 6.31. The van der Waals surface area contributed by atoms with Crippen LogP contribution in [0.3, 0.4) is 0 Å². The Bertz CT molecular complexity index is 345. The number of likely N-dealkylation sites (N-methyl/N-ethyl adjacent to an activating group) is 1. The van der Waals surface area contributed by atoms with Crippen molar-refractivity contribution in [3.8, 4) is 6.07 Å². The van der Waals surface area contributed by atoms with Crippen LogP contribution in [0.1, 0.15) is 18.4 Å². The molecule has 0 aliphatic heterocycles. The van der Waals surface area contributed by atoms with Crippen molar-refractivity contribution in [1.29, 1.82) is 5.26 Å². The predicted molar refractivity (Wildman–Crippen MR) is 68.8 cm³/mol. The second-order valence-corrected chi connectivity index (χ2v) is 4.05. The summed E-state index contributed by atoms with van der Waals surface area (Å²) in [4.78, 5) is 2.14. The minimum absolute atomic E-state index is 0.0668. The first-order valence-corrected chi connectivity index (χ1v) is 5.98. The monoisotopic (exact) mass is 232 g/mol. The van der Waals surface area contributed by atoms with E-state index in [0.29, 0.717) is 0 Å². The fraction of sp³-hybridized carbons (Fsp3) is 0.500. The summed E-state index contributed by atoms with van der Waals surface area (Å²) in [5.74, 6) is -0.0668. The van der Waals surface area contributed by atoms with Crippen molar-refractivity contribution in [2.24, 2.45) is 0 Å². The minimum Gasteiger partial charge on any atom is -0.380 e. The highest BCUT2D eigenvalue weighted by Gasteiger charge is 2.12. The highest BCUT2D eigenvalue weighted by atomic mass is 16.5. The molecule has 0 heterocycles. The maximum atomic E-state index is 9.19. The molecule has 0 radical (unpaired) electrons. The van der Waals surface area contributed by atoms with Crippen molar-refractivity contribution >= 4 is 0 Å². The zero-order chi connectivity index (χ0) is 12.5. The van der Waals surface area contributed by atoms with Gasteiger partial charge >= 0.3 is 0 Å². The van der Waals surface area contributed by atoms with Gasteiger partial charge in [-0.15, -0.1) is 0 Å². The van der Waals surface area contributed by atoms with Gasteiger partial charge in [0.2, 0.25) is 0 Å². The van der Waals surface area contributed by atoms with Gasteiger partial charge < -0.3 is 9.64 Å². The van der Waals surface area contributed by atoms with E-state index in [2.05, 4.69) is 11.0 Å². The number of nitrogens with zero attached hydrogens (tertiary/aromatic N) is 2. The van der Waals surface area contributed by atoms with E-state index in [0.717, 1.165) is 31.9 Å². The fourth-order valence-electron chi connectivity index (χ4n) is 1.67. The van der Waals surface area contributed by atoms with Gasteiger partial charge in [0.25, 0.3) is 0 Å². The predicted octanol–water partition coefficient (Wildman–Crippen LogP) is 2.26. The molecule has 3 heteroatoms. The van der Waals surface area contributed by atoms with Crippen LogP contribution in [0.25, 0.3) is 0 Å². The van der Waals surface area contributed by atoms with E-state index in [-0.39, 0.29) is 5.92 Å². The molecule has 1 rings (SSSR count). The van der Waals surface area contributed by atoms with Crippen molar-refractivity contribution in [3.05, 3.63) is 35.9 Å². The third kappa shape index (κ3) is 4.99. The molecule has 0 N–H and O–H groups in total. The van der Waals surface area contributed by atoms with Gasteiger partial charge in [0.1, 0.15) is 0 Å². The standard InChI is InChI=1S/C14H20N2O/c1-3-17-10-9-16(2)12-14(11-15)13-7-5-4-6-8-13/h4-8,14H,3,9-10,12H2,1-2H3. The van der Waals surface area contributed by atoms with Gasteiger partial charge in [-0.2, -0.15) is 5.26 Å². The van der Waals surface area contributed by atoms with Gasteiger partial charge in [-0.1, -0.05) is 30.3 Å². The van der Waals surface area contributed by atoms with Gasteiger partial charge in [-0.3, -0.25) is 0 Å². The molecular weight excluding hydrogens is 212 g/mol. The second-order valence-electron chi connectivity index (χ2n) is 4.05. The summed E-state index contributed by atoms with van der Waals surface area (Å²) in [6.45, 7) is 5.06. The van der Waals surface area contributed by atoms with Crippen molar-refractivity contribution in [3.63, 3.8) is 0 Å². The van der Waals surface area contributed by atoms with Crippen LogP contribution in [-0.2, 0) is 4.74 Å². The molecule has 1 aromatic carbocycles. The molecule has 1 atom stereocenters. The average Bonchev–Trinajstić information content (AvgIpc) is 2.37. The summed E-state index contributed by atoms with van der Waals surface area (Å²) in [5, 5.41) is 9.19. The van der Waals surface area contributed by atoms with Crippen LogP contribution in [-0.4, -0.2) is 38.3 Å². The first-order chi connectivity index (χ1) is 8.27. The summed E-state index contributed by atoms with van der Waals surface area (Å²) < 4.78 is 5.30. The van der Waals surface area contributed by atoms with Gasteiger partial charge in [0.05, 0.1) is 18.6 Å². The fourth-order valence-corrected chi connectivity index (χ4v) is 1.67. The lowest BCUT2D eigenvalue weighted by Gasteiger charge is -2.19. The van der Waals surface area contributed by atoms with Crippen molar-refractivity contribution in [1.82, 2.24) is 4.90 Å². The lowest BCUT2D eigenvalue weighted by molar-refractivity contribution is 0.121. The summed E-state index contributed by atoms with van der Waals surface area (Å²) in [5.41, 5.74) is 1.08. The maximum absolute atomic E-state index is 9.19. The molecule has 0 saturated carbocycles. The molecule has 0 bridgehead atoms. The van der Waals surface area contributed by atoms with Crippen LogP contribution in [0.4, 0.5) is 0 Å². The van der Waals surface area contributed by atoms with Crippen molar-refractivity contribution < 1.29 is 4.74 Å². The molecule has 0 spiro atoms. The van der Waals surface area contributed by atoms with E-state index in [9.17, 15) is 5.26 Å². The maximum Gasteiger partial charge on any atom is 0.0839 e. The van der Waals surface area contributed by atoms with Gasteiger partial charge in [0.15, 0.2) is 0 Å². The van der Waals surface area contributed by atoms with E-state index in [1.54, 1.807) is 0 Å². The Labute approximate surface area is 104 Å². The van der Waals surface area contributed by atoms with E-state index in [1.165, 1.54) is 0 Å². The minimum atomic E-state index is -0.0668. The Morgan fingerprint density at radius 1 is 1.35 bits per heavy atom. The quantitative estimate of drug-likeness (QED) is 0.677. The molecular formula is C14H20N2O. The largest absolute Gasteiger partial charge is 0.380 e. The van der Waals surface area contributed by atoms with Crippen LogP contribution in [0.5, 0.6) is 0 Å². The molecule has 0 amide bonds. The molecule has 1 aromatic rings. The SMILES string of the molecule is CCOCCN(C)CC(C#N)c1ccccc1. The molecule has 0 aromatic heterocycles. The van der Waals surface area contributed by atoms with Crippen molar-refractivity contribution in [2.75, 3.05) is 33.4 Å². The average molecular weight is 232 g/mol. The zero-order valence-corrected chi connectivity index (χ0v) is 10.6. The normalized spacial score (nSPS) is 12.4. The molecule has 0 aliphatic rings. The molecule has 0 aliphatic carbocycles. The highest BCUT2D eigenvalue weighted by Crippen LogP contribution is 2.15. The Balaban J connectivity index is 2.45. The van der Waals surface area contributed by atoms with E-state index >= 15 is 0 Å². The molecule has 0 saturated heterocycles. The van der Waals surface area contributed by atoms with Crippen LogP contribution in [0.15, 0.2) is 30.3 Å². The topological polar surface area (TPSA) is 36.3 Å². The number of hydrogen-bond donors (Lipinski definition) is 0.